The van der Waals surface area contributed by atoms with E-state index in [9.17, 15) is 14.7 Å². The van der Waals surface area contributed by atoms with Gasteiger partial charge in [0, 0.05) is 0 Å². The third-order valence-corrected chi connectivity index (χ3v) is 3.58. The molecule has 0 saturated carbocycles. The lowest BCUT2D eigenvalue weighted by Gasteiger charge is -2.22. The van der Waals surface area contributed by atoms with Crippen molar-refractivity contribution in [3.05, 3.63) is 35.9 Å². The van der Waals surface area contributed by atoms with Crippen molar-refractivity contribution in [3.8, 4) is 0 Å². The van der Waals surface area contributed by atoms with E-state index in [0.29, 0.717) is 12.8 Å². The van der Waals surface area contributed by atoms with Gasteiger partial charge in [0.25, 0.3) is 0 Å². The molecule has 0 bridgehead atoms. The molecule has 1 aromatic rings. The lowest BCUT2D eigenvalue weighted by Crippen LogP contribution is -2.33. The van der Waals surface area contributed by atoms with Gasteiger partial charge in [0.15, 0.2) is 5.92 Å². The molecule has 4 nitrogen and oxygen atoms in total. The number of benzene rings is 1. The number of carboxylic acid groups (broad SMARTS) is 1. The van der Waals surface area contributed by atoms with E-state index in [4.69, 9.17) is 4.74 Å². The fourth-order valence-corrected chi connectivity index (χ4v) is 2.57. The molecule has 0 aliphatic heterocycles. The lowest BCUT2D eigenvalue weighted by molar-refractivity contribution is -0.161. The number of carbonyl (C=O) groups is 2. The number of esters is 1. The summed E-state index contributed by atoms with van der Waals surface area (Å²) in [6.07, 6.45) is 3.01. The maximum absolute atomic E-state index is 11.9. The molecular formula is C17H24O4. The van der Waals surface area contributed by atoms with Crippen LogP contribution >= 0.6 is 0 Å². The summed E-state index contributed by atoms with van der Waals surface area (Å²) < 4.78 is 4.92. The maximum atomic E-state index is 11.9. The van der Waals surface area contributed by atoms with Crippen LogP contribution in [0.4, 0.5) is 0 Å². The summed E-state index contributed by atoms with van der Waals surface area (Å²) in [6.45, 7) is 3.90. The van der Waals surface area contributed by atoms with E-state index in [1.165, 1.54) is 0 Å². The molecular weight excluding hydrogens is 268 g/mol. The number of hydrogen-bond donors (Lipinski definition) is 1. The number of ether oxygens (including phenoxy) is 1. The minimum atomic E-state index is -1.08. The van der Waals surface area contributed by atoms with Crippen LogP contribution in [-0.2, 0) is 20.7 Å². The maximum Gasteiger partial charge on any atom is 0.320 e. The zero-order valence-corrected chi connectivity index (χ0v) is 12.7. The summed E-state index contributed by atoms with van der Waals surface area (Å²) >= 11 is 0. The Balaban J connectivity index is 2.76. The molecule has 0 spiro atoms. The first-order valence-electron chi connectivity index (χ1n) is 7.53. The molecule has 0 saturated heterocycles. The zero-order valence-electron chi connectivity index (χ0n) is 12.7. The van der Waals surface area contributed by atoms with Gasteiger partial charge in [-0.05, 0) is 37.7 Å². The molecule has 0 heterocycles. The Morgan fingerprint density at radius 1 is 1.14 bits per heavy atom. The summed E-state index contributed by atoms with van der Waals surface area (Å²) in [5.41, 5.74) is 1.16. The number of carbonyl (C=O) groups excluding carboxylic acids is 1. The van der Waals surface area contributed by atoms with Crippen molar-refractivity contribution >= 4 is 11.9 Å². The van der Waals surface area contributed by atoms with Crippen LogP contribution in [0, 0.1) is 11.8 Å². The van der Waals surface area contributed by atoms with Gasteiger partial charge in [-0.3, -0.25) is 9.59 Å². The Labute approximate surface area is 126 Å². The second-order valence-electron chi connectivity index (χ2n) is 5.14. The van der Waals surface area contributed by atoms with Gasteiger partial charge in [-0.1, -0.05) is 43.7 Å². The Bertz CT molecular complexity index is 441. The molecule has 0 amide bonds. The second-order valence-corrected chi connectivity index (χ2v) is 5.14. The second kappa shape index (κ2) is 9.16. The van der Waals surface area contributed by atoms with Crippen LogP contribution in [0.1, 0.15) is 38.7 Å². The molecule has 0 aromatic heterocycles. The van der Waals surface area contributed by atoms with E-state index in [1.54, 1.807) is 6.92 Å². The smallest absolute Gasteiger partial charge is 0.320 e. The highest BCUT2D eigenvalue weighted by Crippen LogP contribution is 2.25. The van der Waals surface area contributed by atoms with Crippen molar-refractivity contribution in [1.29, 1.82) is 0 Å². The van der Waals surface area contributed by atoms with Crippen molar-refractivity contribution in [1.82, 2.24) is 0 Å². The number of hydrogen-bond acceptors (Lipinski definition) is 3. The van der Waals surface area contributed by atoms with Crippen LogP contribution < -0.4 is 0 Å². The first-order chi connectivity index (χ1) is 10.1. The predicted molar refractivity (Wildman–Crippen MR) is 80.9 cm³/mol. The summed E-state index contributed by atoms with van der Waals surface area (Å²) in [6, 6.07) is 9.91. The van der Waals surface area contributed by atoms with E-state index in [1.807, 2.05) is 37.3 Å². The summed E-state index contributed by atoms with van der Waals surface area (Å²) in [5.74, 6) is -2.95. The SMILES string of the molecule is CCCC(CCc1ccccc1)C(C(=O)O)C(=O)OCC. The largest absolute Gasteiger partial charge is 0.481 e. The summed E-state index contributed by atoms with van der Waals surface area (Å²) in [7, 11) is 0. The quantitative estimate of drug-likeness (QED) is 0.560. The van der Waals surface area contributed by atoms with Gasteiger partial charge in [0.1, 0.15) is 0 Å². The Morgan fingerprint density at radius 2 is 1.81 bits per heavy atom. The topological polar surface area (TPSA) is 63.6 Å². The van der Waals surface area contributed by atoms with Gasteiger partial charge >= 0.3 is 11.9 Å². The molecule has 0 fully saturated rings. The van der Waals surface area contributed by atoms with Crippen LogP contribution in [0.5, 0.6) is 0 Å². The van der Waals surface area contributed by atoms with Crippen molar-refractivity contribution in [2.45, 2.75) is 39.5 Å². The number of aliphatic carboxylic acids is 1. The molecule has 0 radical (unpaired) electrons. The normalized spacial score (nSPS) is 13.4. The third-order valence-electron chi connectivity index (χ3n) is 3.58. The third kappa shape index (κ3) is 5.58. The monoisotopic (exact) mass is 292 g/mol. The van der Waals surface area contributed by atoms with Crippen LogP contribution in [0.3, 0.4) is 0 Å². The van der Waals surface area contributed by atoms with Crippen LogP contribution in [0.2, 0.25) is 0 Å². The molecule has 4 heteroatoms. The van der Waals surface area contributed by atoms with Crippen molar-refractivity contribution in [2.75, 3.05) is 6.61 Å². The minimum Gasteiger partial charge on any atom is -0.481 e. The first kappa shape index (κ1) is 17.2. The molecule has 0 aliphatic carbocycles. The van der Waals surface area contributed by atoms with Crippen LogP contribution in [0.25, 0.3) is 0 Å². The van der Waals surface area contributed by atoms with Crippen molar-refractivity contribution in [2.24, 2.45) is 11.8 Å². The molecule has 0 aliphatic rings. The van der Waals surface area contributed by atoms with E-state index in [-0.39, 0.29) is 12.5 Å². The highest BCUT2D eigenvalue weighted by molar-refractivity contribution is 5.94. The first-order valence-corrected chi connectivity index (χ1v) is 7.53. The Kier molecular flexibility index (Phi) is 7.51. The van der Waals surface area contributed by atoms with Crippen molar-refractivity contribution in [3.63, 3.8) is 0 Å². The van der Waals surface area contributed by atoms with Gasteiger partial charge < -0.3 is 9.84 Å². The number of rotatable bonds is 9. The number of aryl methyl sites for hydroxylation is 1. The van der Waals surface area contributed by atoms with Gasteiger partial charge in [-0.25, -0.2) is 0 Å². The van der Waals surface area contributed by atoms with Crippen molar-refractivity contribution < 1.29 is 19.4 Å². The molecule has 116 valence electrons. The van der Waals surface area contributed by atoms with Gasteiger partial charge in [0.05, 0.1) is 6.61 Å². The molecule has 1 N–H and O–H groups in total. The summed E-state index contributed by atoms with van der Waals surface area (Å²) in [5, 5.41) is 9.36. The van der Waals surface area contributed by atoms with Gasteiger partial charge in [0.2, 0.25) is 0 Å². The Hall–Kier alpha value is -1.84. The van der Waals surface area contributed by atoms with E-state index >= 15 is 0 Å². The predicted octanol–water partition coefficient (Wildman–Crippen LogP) is 3.30. The fourth-order valence-electron chi connectivity index (χ4n) is 2.57. The lowest BCUT2D eigenvalue weighted by atomic mass is 9.84. The highest BCUT2D eigenvalue weighted by atomic mass is 16.5. The molecule has 1 rings (SSSR count). The molecule has 2 unspecified atom stereocenters. The molecule has 21 heavy (non-hydrogen) atoms. The molecule has 2 atom stereocenters. The van der Waals surface area contributed by atoms with E-state index < -0.39 is 17.9 Å². The van der Waals surface area contributed by atoms with E-state index in [2.05, 4.69) is 0 Å². The zero-order chi connectivity index (χ0) is 15.7. The van der Waals surface area contributed by atoms with Crippen LogP contribution in [-0.4, -0.2) is 23.7 Å². The fraction of sp³-hybridized carbons (Fsp3) is 0.529. The summed E-state index contributed by atoms with van der Waals surface area (Å²) in [4.78, 5) is 23.4. The standard InChI is InChI=1S/C17H24O4/c1-3-8-14(12-11-13-9-6-5-7-10-13)15(16(18)19)17(20)21-4-2/h5-7,9-10,14-15H,3-4,8,11-12H2,1-2H3,(H,18,19). The average Bonchev–Trinajstić information content (AvgIpc) is 2.46. The Morgan fingerprint density at radius 3 is 2.33 bits per heavy atom. The minimum absolute atomic E-state index is 0.188. The number of carboxylic acids is 1. The highest BCUT2D eigenvalue weighted by Gasteiger charge is 2.35. The van der Waals surface area contributed by atoms with Crippen LogP contribution in [0.15, 0.2) is 30.3 Å². The van der Waals surface area contributed by atoms with Gasteiger partial charge in [-0.2, -0.15) is 0 Å². The van der Waals surface area contributed by atoms with E-state index in [0.717, 1.165) is 18.4 Å². The molecule has 1 aromatic carbocycles. The van der Waals surface area contributed by atoms with Gasteiger partial charge in [-0.15, -0.1) is 0 Å². The average molecular weight is 292 g/mol.